The van der Waals surface area contributed by atoms with Crippen molar-refractivity contribution < 1.29 is 14.3 Å². The number of rotatable bonds is 6. The molecule has 9 nitrogen and oxygen atoms in total. The van der Waals surface area contributed by atoms with Crippen LogP contribution in [0.15, 0.2) is 30.5 Å². The molecule has 3 rings (SSSR count). The fourth-order valence-electron chi connectivity index (χ4n) is 3.25. The molecule has 2 aromatic rings. The fraction of sp³-hybridized carbons (Fsp3) is 0.429. The topological polar surface area (TPSA) is 105 Å². The number of ether oxygens (including phenoxy) is 1. The van der Waals surface area contributed by atoms with Crippen molar-refractivity contribution in [3.63, 3.8) is 0 Å². The lowest BCUT2D eigenvalue weighted by Gasteiger charge is -2.33. The van der Waals surface area contributed by atoms with Crippen LogP contribution in [0.5, 0.6) is 0 Å². The molecule has 2 amide bonds. The van der Waals surface area contributed by atoms with Crippen LogP contribution in [0.1, 0.15) is 22.2 Å². The monoisotopic (exact) mass is 412 g/mol. The molecule has 2 N–H and O–H groups in total. The number of likely N-dealkylation sites (N-methyl/N-ethyl adjacent to an activating group) is 1. The molecule has 1 atom stereocenters. The average Bonchev–Trinajstić information content (AvgIpc) is 2.73. The van der Waals surface area contributed by atoms with Crippen LogP contribution in [0.4, 0.5) is 5.95 Å². The third kappa shape index (κ3) is 4.92. The summed E-state index contributed by atoms with van der Waals surface area (Å²) in [6.07, 6.45) is 1.41. The van der Waals surface area contributed by atoms with Crippen LogP contribution < -0.4 is 10.6 Å². The van der Waals surface area contributed by atoms with E-state index >= 15 is 0 Å². The summed E-state index contributed by atoms with van der Waals surface area (Å²) in [7, 11) is 7.24. The van der Waals surface area contributed by atoms with E-state index in [1.165, 1.54) is 0 Å². The van der Waals surface area contributed by atoms with E-state index in [0.717, 1.165) is 16.8 Å². The van der Waals surface area contributed by atoms with E-state index < -0.39 is 5.91 Å². The lowest BCUT2D eigenvalue weighted by Crippen LogP contribution is -2.44. The van der Waals surface area contributed by atoms with Crippen molar-refractivity contribution in [1.29, 1.82) is 0 Å². The average molecular weight is 412 g/mol. The molecule has 9 heteroatoms. The largest absolute Gasteiger partial charge is 0.369 e. The zero-order chi connectivity index (χ0) is 21.8. The summed E-state index contributed by atoms with van der Waals surface area (Å²) in [5.41, 5.74) is 8.15. The molecule has 1 aromatic carbocycles. The Bertz CT molecular complexity index is 931. The summed E-state index contributed by atoms with van der Waals surface area (Å²) in [4.78, 5) is 38.5. The van der Waals surface area contributed by atoms with E-state index in [9.17, 15) is 9.59 Å². The van der Waals surface area contributed by atoms with E-state index in [1.807, 2.05) is 25.1 Å². The first-order valence-electron chi connectivity index (χ1n) is 9.75. The number of benzene rings is 1. The van der Waals surface area contributed by atoms with E-state index in [4.69, 9.17) is 15.5 Å². The second-order valence-corrected chi connectivity index (χ2v) is 7.69. The van der Waals surface area contributed by atoms with Crippen LogP contribution in [-0.4, -0.2) is 86.0 Å². The zero-order valence-electron chi connectivity index (χ0n) is 17.8. The number of anilines is 1. The molecule has 0 unspecified atom stereocenters. The summed E-state index contributed by atoms with van der Waals surface area (Å²) >= 11 is 0. The van der Waals surface area contributed by atoms with Gasteiger partial charge >= 0.3 is 0 Å². The van der Waals surface area contributed by atoms with Gasteiger partial charge in [0, 0.05) is 58.6 Å². The number of amides is 2. The van der Waals surface area contributed by atoms with Gasteiger partial charge in [0.2, 0.25) is 17.8 Å². The van der Waals surface area contributed by atoms with Gasteiger partial charge in [-0.1, -0.05) is 12.1 Å². The molecule has 0 bridgehead atoms. The van der Waals surface area contributed by atoms with Gasteiger partial charge in [0.05, 0.1) is 18.8 Å². The van der Waals surface area contributed by atoms with Crippen LogP contribution in [0.25, 0.3) is 11.1 Å². The molecule has 1 aromatic heterocycles. The van der Waals surface area contributed by atoms with Crippen LogP contribution >= 0.6 is 0 Å². The first-order valence-corrected chi connectivity index (χ1v) is 9.75. The summed E-state index contributed by atoms with van der Waals surface area (Å²) < 4.78 is 6.04. The summed E-state index contributed by atoms with van der Waals surface area (Å²) in [5, 5.41) is 0. The third-order valence-electron chi connectivity index (χ3n) is 4.98. The van der Waals surface area contributed by atoms with Crippen molar-refractivity contribution in [3.05, 3.63) is 41.7 Å². The van der Waals surface area contributed by atoms with Gasteiger partial charge in [-0.15, -0.1) is 0 Å². The Labute approximate surface area is 176 Å². The maximum absolute atomic E-state index is 12.2. The molecular formula is C21H28N6O3. The number of morpholine rings is 1. The highest BCUT2D eigenvalue weighted by Gasteiger charge is 2.28. The summed E-state index contributed by atoms with van der Waals surface area (Å²) in [6.45, 7) is 2.03. The highest BCUT2D eigenvalue weighted by atomic mass is 16.5. The van der Waals surface area contributed by atoms with E-state index in [2.05, 4.69) is 9.88 Å². The first kappa shape index (κ1) is 21.7. The number of carbonyl (C=O) groups is 2. The van der Waals surface area contributed by atoms with Gasteiger partial charge in [-0.2, -0.15) is 0 Å². The van der Waals surface area contributed by atoms with E-state index in [-0.39, 0.29) is 12.0 Å². The zero-order valence-corrected chi connectivity index (χ0v) is 17.8. The quantitative estimate of drug-likeness (QED) is 0.747. The van der Waals surface area contributed by atoms with Crippen molar-refractivity contribution in [3.8, 4) is 11.1 Å². The van der Waals surface area contributed by atoms with Gasteiger partial charge in [0.1, 0.15) is 6.10 Å². The molecule has 2 heterocycles. The molecule has 160 valence electrons. The van der Waals surface area contributed by atoms with Crippen molar-refractivity contribution in [2.45, 2.75) is 6.10 Å². The number of hydrogen-bond donors (Lipinski definition) is 1. The summed E-state index contributed by atoms with van der Waals surface area (Å²) in [6, 6.07) is 7.07. The van der Waals surface area contributed by atoms with Gasteiger partial charge in [-0.3, -0.25) is 14.5 Å². The molecular weight excluding hydrogens is 384 g/mol. The van der Waals surface area contributed by atoms with Crippen molar-refractivity contribution >= 4 is 17.8 Å². The molecule has 0 spiro atoms. The number of nitrogens with two attached hydrogens (primary N) is 1. The highest BCUT2D eigenvalue weighted by molar-refractivity contribution is 5.94. The van der Waals surface area contributed by atoms with Crippen molar-refractivity contribution in [1.82, 2.24) is 19.8 Å². The number of aromatic nitrogens is 2. The normalized spacial score (nSPS) is 16.9. The minimum atomic E-state index is -0.494. The fourth-order valence-corrected chi connectivity index (χ4v) is 3.25. The molecule has 1 aliphatic heterocycles. The Hall–Kier alpha value is -3.04. The van der Waals surface area contributed by atoms with Crippen LogP contribution in [0.3, 0.4) is 0 Å². The smallest absolute Gasteiger partial charge is 0.248 e. The predicted molar refractivity (Wildman–Crippen MR) is 114 cm³/mol. The molecule has 1 saturated heterocycles. The minimum absolute atomic E-state index is 0.0432. The number of nitrogens with zero attached hydrogens (tertiary/aromatic N) is 5. The van der Waals surface area contributed by atoms with Crippen LogP contribution in [-0.2, 0) is 9.53 Å². The number of carbonyl (C=O) groups excluding carboxylic acids is 2. The SMILES string of the molecule is CN(C)C(=O)CN1CCO[C@H](c2nc(N(C)C)ncc2-c2cccc(C(N)=O)c2)C1. The predicted octanol–water partition coefficient (Wildman–Crippen LogP) is 0.770. The molecule has 30 heavy (non-hydrogen) atoms. The van der Waals surface area contributed by atoms with Crippen molar-refractivity contribution in [2.24, 2.45) is 5.73 Å². The van der Waals surface area contributed by atoms with Crippen LogP contribution in [0.2, 0.25) is 0 Å². The standard InChI is InChI=1S/C21H28N6O3/c1-25(2)18(28)13-27-8-9-30-17(12-27)19-16(11-23-21(24-19)26(3)4)14-6-5-7-15(10-14)20(22)29/h5-7,10-11,17H,8-9,12-13H2,1-4H3,(H2,22,29)/t17-/m0/s1. The van der Waals surface area contributed by atoms with Crippen molar-refractivity contribution in [2.75, 3.05) is 59.3 Å². The van der Waals surface area contributed by atoms with Gasteiger partial charge in [0.15, 0.2) is 0 Å². The maximum Gasteiger partial charge on any atom is 0.248 e. The lowest BCUT2D eigenvalue weighted by molar-refractivity contribution is -0.132. The Morgan fingerprint density at radius 2 is 2.03 bits per heavy atom. The molecule has 0 saturated carbocycles. The molecule has 1 fully saturated rings. The minimum Gasteiger partial charge on any atom is -0.369 e. The second kappa shape index (κ2) is 9.19. The Morgan fingerprint density at radius 1 is 1.27 bits per heavy atom. The maximum atomic E-state index is 12.2. The Kier molecular flexibility index (Phi) is 6.63. The van der Waals surface area contributed by atoms with Gasteiger partial charge in [-0.05, 0) is 17.7 Å². The Balaban J connectivity index is 1.97. The molecule has 1 aliphatic rings. The summed E-state index contributed by atoms with van der Waals surface area (Å²) in [5.74, 6) is 0.109. The highest BCUT2D eigenvalue weighted by Crippen LogP contribution is 2.32. The Morgan fingerprint density at radius 3 is 2.70 bits per heavy atom. The van der Waals surface area contributed by atoms with Crippen LogP contribution in [0, 0.1) is 0 Å². The third-order valence-corrected chi connectivity index (χ3v) is 4.98. The first-order chi connectivity index (χ1) is 14.3. The molecule has 0 radical (unpaired) electrons. The van der Waals surface area contributed by atoms with E-state index in [0.29, 0.717) is 37.8 Å². The van der Waals surface area contributed by atoms with Gasteiger partial charge in [-0.25, -0.2) is 9.97 Å². The number of hydrogen-bond acceptors (Lipinski definition) is 7. The van der Waals surface area contributed by atoms with E-state index in [1.54, 1.807) is 43.4 Å². The second-order valence-electron chi connectivity index (χ2n) is 7.69. The van der Waals surface area contributed by atoms with Gasteiger partial charge in [0.25, 0.3) is 0 Å². The lowest BCUT2D eigenvalue weighted by atomic mass is 9.99. The van der Waals surface area contributed by atoms with Gasteiger partial charge < -0.3 is 20.3 Å². The molecule has 0 aliphatic carbocycles. The number of primary amides is 1.